The third kappa shape index (κ3) is 4.27. The van der Waals surface area contributed by atoms with Crippen LogP contribution >= 0.6 is 11.6 Å². The molecule has 3 aromatic carbocycles. The molecule has 0 amide bonds. The molecular formula is C22H14ClNO5S. The van der Waals surface area contributed by atoms with Crippen LogP contribution in [0, 0.1) is 0 Å². The molecule has 0 radical (unpaired) electrons. The minimum atomic E-state index is -3.93. The van der Waals surface area contributed by atoms with E-state index in [0.29, 0.717) is 21.9 Å². The molecule has 8 heteroatoms. The molecule has 0 unspecified atom stereocenters. The first kappa shape index (κ1) is 19.9. The summed E-state index contributed by atoms with van der Waals surface area (Å²) in [5, 5.41) is 4.41. The topological polar surface area (TPSA) is 82.0 Å². The Morgan fingerprint density at radius 3 is 2.23 bits per heavy atom. The van der Waals surface area contributed by atoms with Crippen LogP contribution in [-0.4, -0.2) is 20.1 Å². The molecule has 0 bridgehead atoms. The molecule has 1 aliphatic heterocycles. The fraction of sp³-hybridized carbons (Fsp3) is 0. The summed E-state index contributed by atoms with van der Waals surface area (Å²) in [6, 6.07) is 21.0. The minimum absolute atomic E-state index is 0.0636. The number of rotatable bonds is 5. The van der Waals surface area contributed by atoms with E-state index < -0.39 is 16.1 Å². The Morgan fingerprint density at radius 1 is 0.900 bits per heavy atom. The van der Waals surface area contributed by atoms with Crippen molar-refractivity contribution in [2.45, 2.75) is 4.90 Å². The third-order valence-corrected chi connectivity index (χ3v) is 5.75. The number of carbonyl (C=O) groups excluding carboxylic acids is 1. The summed E-state index contributed by atoms with van der Waals surface area (Å²) in [6.45, 7) is 0. The van der Waals surface area contributed by atoms with Gasteiger partial charge in [-0.2, -0.15) is 8.42 Å². The van der Waals surface area contributed by atoms with Crippen LogP contribution in [0.25, 0.3) is 6.08 Å². The van der Waals surface area contributed by atoms with E-state index >= 15 is 0 Å². The molecular weight excluding hydrogens is 426 g/mol. The van der Waals surface area contributed by atoms with Gasteiger partial charge in [0, 0.05) is 10.6 Å². The van der Waals surface area contributed by atoms with Gasteiger partial charge >= 0.3 is 16.1 Å². The highest BCUT2D eigenvalue weighted by molar-refractivity contribution is 7.87. The molecule has 30 heavy (non-hydrogen) atoms. The van der Waals surface area contributed by atoms with Gasteiger partial charge in [0.25, 0.3) is 0 Å². The summed E-state index contributed by atoms with van der Waals surface area (Å²) in [5.74, 6) is -0.423. The Balaban J connectivity index is 1.56. The summed E-state index contributed by atoms with van der Waals surface area (Å²) >= 11 is 5.91. The van der Waals surface area contributed by atoms with Gasteiger partial charge in [0.05, 0.1) is 5.57 Å². The van der Waals surface area contributed by atoms with E-state index in [1.807, 2.05) is 0 Å². The molecule has 0 saturated carbocycles. The number of benzene rings is 3. The predicted octanol–water partition coefficient (Wildman–Crippen LogP) is 4.45. The molecule has 0 fully saturated rings. The van der Waals surface area contributed by atoms with Crippen LogP contribution in [-0.2, 0) is 19.8 Å². The monoisotopic (exact) mass is 439 g/mol. The minimum Gasteiger partial charge on any atom is -0.379 e. The molecule has 0 atom stereocenters. The number of oxime groups is 1. The fourth-order valence-corrected chi connectivity index (χ4v) is 3.85. The highest BCUT2D eigenvalue weighted by Crippen LogP contribution is 2.24. The van der Waals surface area contributed by atoms with Crippen molar-refractivity contribution >= 4 is 39.5 Å². The van der Waals surface area contributed by atoms with Gasteiger partial charge in [-0.1, -0.05) is 59.2 Å². The van der Waals surface area contributed by atoms with E-state index in [1.54, 1.807) is 60.7 Å². The van der Waals surface area contributed by atoms with Gasteiger partial charge < -0.3 is 9.02 Å². The molecule has 0 aliphatic carbocycles. The summed E-state index contributed by atoms with van der Waals surface area (Å²) in [5.41, 5.74) is 2.01. The SMILES string of the molecule is O=C1ON=C(c2ccc(Cl)cc2)/C1=C\c1ccc(OS(=O)(=O)c2ccccc2)cc1. The van der Waals surface area contributed by atoms with Crippen LogP contribution in [0.1, 0.15) is 11.1 Å². The molecule has 6 nitrogen and oxygen atoms in total. The lowest BCUT2D eigenvalue weighted by atomic mass is 10.0. The first-order chi connectivity index (χ1) is 14.4. The highest BCUT2D eigenvalue weighted by atomic mass is 35.5. The number of halogens is 1. The normalized spacial score (nSPS) is 15.0. The lowest BCUT2D eigenvalue weighted by Crippen LogP contribution is -2.09. The highest BCUT2D eigenvalue weighted by Gasteiger charge is 2.26. The molecule has 0 aromatic heterocycles. The quantitative estimate of drug-likeness (QED) is 0.333. The van der Waals surface area contributed by atoms with Gasteiger partial charge in [-0.3, -0.25) is 0 Å². The summed E-state index contributed by atoms with van der Waals surface area (Å²) in [7, 11) is -3.93. The Bertz CT molecular complexity index is 1250. The van der Waals surface area contributed by atoms with Gasteiger partial charge in [-0.05, 0) is 48.0 Å². The van der Waals surface area contributed by atoms with Gasteiger partial charge in [0.2, 0.25) is 0 Å². The number of hydrogen-bond donors (Lipinski definition) is 0. The molecule has 150 valence electrons. The Morgan fingerprint density at radius 2 is 1.57 bits per heavy atom. The number of nitrogens with zero attached hydrogens (tertiary/aromatic N) is 1. The van der Waals surface area contributed by atoms with Crippen LogP contribution in [0.15, 0.2) is 94.5 Å². The molecule has 0 spiro atoms. The maximum absolute atomic E-state index is 12.3. The van der Waals surface area contributed by atoms with E-state index in [1.165, 1.54) is 24.3 Å². The van der Waals surface area contributed by atoms with Crippen LogP contribution in [0.5, 0.6) is 5.75 Å². The first-order valence-electron chi connectivity index (χ1n) is 8.79. The second-order valence-corrected chi connectivity index (χ2v) is 8.29. The van der Waals surface area contributed by atoms with Crippen molar-refractivity contribution in [2.75, 3.05) is 0 Å². The smallest absolute Gasteiger partial charge is 0.368 e. The van der Waals surface area contributed by atoms with Crippen molar-refractivity contribution in [3.63, 3.8) is 0 Å². The zero-order valence-electron chi connectivity index (χ0n) is 15.4. The molecule has 0 saturated heterocycles. The van der Waals surface area contributed by atoms with Crippen LogP contribution in [0.2, 0.25) is 5.02 Å². The van der Waals surface area contributed by atoms with Crippen molar-refractivity contribution in [1.82, 2.24) is 0 Å². The summed E-state index contributed by atoms with van der Waals surface area (Å²) in [4.78, 5) is 17.0. The third-order valence-electron chi connectivity index (χ3n) is 4.24. The van der Waals surface area contributed by atoms with E-state index in [0.717, 1.165) is 0 Å². The zero-order valence-corrected chi connectivity index (χ0v) is 16.9. The van der Waals surface area contributed by atoms with Crippen molar-refractivity contribution < 1.29 is 22.2 Å². The first-order valence-corrected chi connectivity index (χ1v) is 10.6. The van der Waals surface area contributed by atoms with Crippen molar-refractivity contribution in [1.29, 1.82) is 0 Å². The number of hydrogen-bond acceptors (Lipinski definition) is 6. The molecule has 3 aromatic rings. The predicted molar refractivity (Wildman–Crippen MR) is 113 cm³/mol. The maximum atomic E-state index is 12.3. The second kappa shape index (κ2) is 8.14. The fourth-order valence-electron chi connectivity index (χ4n) is 2.77. The van der Waals surface area contributed by atoms with Gasteiger partial charge in [0.15, 0.2) is 0 Å². The molecule has 0 N–H and O–H groups in total. The average molecular weight is 440 g/mol. The Labute approximate surface area is 178 Å². The van der Waals surface area contributed by atoms with E-state index in [2.05, 4.69) is 5.16 Å². The van der Waals surface area contributed by atoms with E-state index in [-0.39, 0.29) is 16.2 Å². The summed E-state index contributed by atoms with van der Waals surface area (Å²) < 4.78 is 29.8. The number of carbonyl (C=O) groups is 1. The van der Waals surface area contributed by atoms with Crippen LogP contribution in [0.4, 0.5) is 0 Å². The summed E-state index contributed by atoms with van der Waals surface area (Å²) in [6.07, 6.45) is 1.61. The lowest BCUT2D eigenvalue weighted by molar-refractivity contribution is -0.136. The van der Waals surface area contributed by atoms with Crippen molar-refractivity contribution in [3.05, 3.63) is 101 Å². The maximum Gasteiger partial charge on any atom is 0.368 e. The van der Waals surface area contributed by atoms with Crippen LogP contribution < -0.4 is 4.18 Å². The molecule has 1 aliphatic rings. The standard InChI is InChI=1S/C22H14ClNO5S/c23-17-10-8-16(9-11-17)21-20(22(25)28-24-21)14-15-6-12-18(13-7-15)29-30(26,27)19-4-2-1-3-5-19/h1-14H/b20-14+. The van der Waals surface area contributed by atoms with Crippen molar-refractivity contribution in [3.8, 4) is 5.75 Å². The van der Waals surface area contributed by atoms with Crippen molar-refractivity contribution in [2.24, 2.45) is 5.16 Å². The lowest BCUT2D eigenvalue weighted by Gasteiger charge is -2.07. The van der Waals surface area contributed by atoms with Gasteiger partial charge in [-0.15, -0.1) is 0 Å². The molecule has 4 rings (SSSR count). The van der Waals surface area contributed by atoms with E-state index in [9.17, 15) is 13.2 Å². The van der Waals surface area contributed by atoms with Crippen LogP contribution in [0.3, 0.4) is 0 Å². The second-order valence-electron chi connectivity index (χ2n) is 6.30. The van der Waals surface area contributed by atoms with Gasteiger partial charge in [0.1, 0.15) is 16.4 Å². The zero-order chi connectivity index (χ0) is 21.1. The Kier molecular flexibility index (Phi) is 5.39. The Hall–Kier alpha value is -3.42. The van der Waals surface area contributed by atoms with E-state index in [4.69, 9.17) is 20.6 Å². The average Bonchev–Trinajstić information content (AvgIpc) is 3.11. The van der Waals surface area contributed by atoms with Gasteiger partial charge in [-0.25, -0.2) is 4.79 Å². The largest absolute Gasteiger partial charge is 0.379 e. The molecule has 1 heterocycles.